The lowest BCUT2D eigenvalue weighted by atomic mass is 10.2. The van der Waals surface area contributed by atoms with Gasteiger partial charge in [0.15, 0.2) is 6.10 Å². The highest BCUT2D eigenvalue weighted by Crippen LogP contribution is 2.17. The standard InChI is InChI=1S/C16H19ClN2O4S/c1-11(15(21)18-10-12-4-2-3-5-13(12)17)23-14(20)6-7-19-8-9-24-16(19)22/h2-5,11H,6-10H2,1H3,(H,18,21)/t11-/m0/s1. The number of rotatable bonds is 7. The third kappa shape index (κ3) is 5.42. The summed E-state index contributed by atoms with van der Waals surface area (Å²) in [6.45, 7) is 2.74. The Morgan fingerprint density at radius 1 is 1.42 bits per heavy atom. The van der Waals surface area contributed by atoms with Crippen LogP contribution in [-0.4, -0.2) is 47.0 Å². The van der Waals surface area contributed by atoms with Crippen LogP contribution in [0.2, 0.25) is 5.02 Å². The number of ether oxygens (including phenoxy) is 1. The number of nitrogens with one attached hydrogen (secondary N) is 1. The molecular weight excluding hydrogens is 352 g/mol. The van der Waals surface area contributed by atoms with Crippen LogP contribution in [0.3, 0.4) is 0 Å². The van der Waals surface area contributed by atoms with E-state index in [2.05, 4.69) is 5.32 Å². The van der Waals surface area contributed by atoms with E-state index in [9.17, 15) is 14.4 Å². The van der Waals surface area contributed by atoms with Crippen molar-refractivity contribution >= 4 is 40.5 Å². The molecule has 2 rings (SSSR count). The van der Waals surface area contributed by atoms with Crippen LogP contribution in [0.4, 0.5) is 4.79 Å². The molecule has 1 aromatic carbocycles. The number of halogens is 1. The number of nitrogens with zero attached hydrogens (tertiary/aromatic N) is 1. The second kappa shape index (κ2) is 8.94. The van der Waals surface area contributed by atoms with Gasteiger partial charge in [0, 0.05) is 30.4 Å². The average Bonchev–Trinajstić information content (AvgIpc) is 2.97. The van der Waals surface area contributed by atoms with E-state index in [0.29, 0.717) is 18.1 Å². The first-order valence-corrected chi connectivity index (χ1v) is 8.96. The fourth-order valence-electron chi connectivity index (χ4n) is 2.13. The zero-order chi connectivity index (χ0) is 17.5. The third-order valence-electron chi connectivity index (χ3n) is 3.52. The first kappa shape index (κ1) is 18.6. The largest absolute Gasteiger partial charge is 0.452 e. The number of carbonyl (C=O) groups is 3. The molecule has 0 bridgehead atoms. The van der Waals surface area contributed by atoms with Gasteiger partial charge in [0.25, 0.3) is 11.1 Å². The van der Waals surface area contributed by atoms with Crippen molar-refractivity contribution in [1.29, 1.82) is 0 Å². The first-order valence-electron chi connectivity index (χ1n) is 7.59. The molecule has 130 valence electrons. The minimum atomic E-state index is -0.899. The van der Waals surface area contributed by atoms with Crippen LogP contribution >= 0.6 is 23.4 Å². The Morgan fingerprint density at radius 3 is 2.83 bits per heavy atom. The van der Waals surface area contributed by atoms with Gasteiger partial charge in [-0.05, 0) is 18.6 Å². The fourth-order valence-corrected chi connectivity index (χ4v) is 3.19. The Kier molecular flexibility index (Phi) is 6.93. The molecule has 2 amide bonds. The van der Waals surface area contributed by atoms with Crippen LogP contribution in [0.25, 0.3) is 0 Å². The Labute approximate surface area is 149 Å². The Hall–Kier alpha value is -1.73. The molecule has 1 heterocycles. The monoisotopic (exact) mass is 370 g/mol. The topological polar surface area (TPSA) is 75.7 Å². The summed E-state index contributed by atoms with van der Waals surface area (Å²) in [5.74, 6) is -0.148. The van der Waals surface area contributed by atoms with Crippen LogP contribution in [0, 0.1) is 0 Å². The van der Waals surface area contributed by atoms with E-state index in [1.165, 1.54) is 18.7 Å². The van der Waals surface area contributed by atoms with Crippen molar-refractivity contribution in [2.75, 3.05) is 18.8 Å². The smallest absolute Gasteiger partial charge is 0.308 e. The molecule has 1 aromatic rings. The summed E-state index contributed by atoms with van der Waals surface area (Å²) in [6, 6.07) is 7.19. The Balaban J connectivity index is 1.71. The van der Waals surface area contributed by atoms with Gasteiger partial charge in [-0.1, -0.05) is 41.6 Å². The Bertz CT molecular complexity index is 626. The minimum Gasteiger partial charge on any atom is -0.452 e. The maximum atomic E-state index is 12.0. The third-order valence-corrected chi connectivity index (χ3v) is 4.78. The minimum absolute atomic E-state index is 0.0201. The molecule has 1 aliphatic heterocycles. The molecule has 1 atom stereocenters. The molecule has 0 aliphatic carbocycles. The number of thioether (sulfide) groups is 1. The molecule has 0 saturated carbocycles. The molecule has 0 radical (unpaired) electrons. The van der Waals surface area contributed by atoms with Crippen molar-refractivity contribution in [2.24, 2.45) is 0 Å². The second-order valence-electron chi connectivity index (χ2n) is 5.29. The molecule has 24 heavy (non-hydrogen) atoms. The molecular formula is C16H19ClN2O4S. The summed E-state index contributed by atoms with van der Waals surface area (Å²) in [6.07, 6.45) is -0.822. The van der Waals surface area contributed by atoms with Gasteiger partial charge in [-0.25, -0.2) is 0 Å². The lowest BCUT2D eigenvalue weighted by Gasteiger charge is -2.16. The summed E-state index contributed by atoms with van der Waals surface area (Å²) in [5, 5.41) is 3.23. The molecule has 1 aliphatic rings. The number of carbonyl (C=O) groups excluding carboxylic acids is 3. The van der Waals surface area contributed by atoms with Gasteiger partial charge in [-0.3, -0.25) is 14.4 Å². The van der Waals surface area contributed by atoms with Crippen molar-refractivity contribution in [1.82, 2.24) is 10.2 Å². The predicted octanol–water partition coefficient (Wildman–Crippen LogP) is 2.45. The fraction of sp³-hybridized carbons (Fsp3) is 0.438. The van der Waals surface area contributed by atoms with Crippen LogP contribution < -0.4 is 5.32 Å². The van der Waals surface area contributed by atoms with Crippen molar-refractivity contribution < 1.29 is 19.1 Å². The zero-order valence-corrected chi connectivity index (χ0v) is 14.9. The highest BCUT2D eigenvalue weighted by molar-refractivity contribution is 8.13. The number of hydrogen-bond acceptors (Lipinski definition) is 5. The van der Waals surface area contributed by atoms with Gasteiger partial charge in [-0.2, -0.15) is 0 Å². The molecule has 1 N–H and O–H groups in total. The van der Waals surface area contributed by atoms with Gasteiger partial charge >= 0.3 is 5.97 Å². The summed E-state index contributed by atoms with van der Waals surface area (Å²) in [5.41, 5.74) is 0.788. The van der Waals surface area contributed by atoms with Crippen LogP contribution in [0.15, 0.2) is 24.3 Å². The lowest BCUT2D eigenvalue weighted by molar-refractivity contribution is -0.155. The normalized spacial score (nSPS) is 15.2. The highest BCUT2D eigenvalue weighted by Gasteiger charge is 2.23. The summed E-state index contributed by atoms with van der Waals surface area (Å²) < 4.78 is 5.10. The van der Waals surface area contributed by atoms with E-state index in [1.54, 1.807) is 11.0 Å². The molecule has 0 unspecified atom stereocenters. The van der Waals surface area contributed by atoms with E-state index in [1.807, 2.05) is 18.2 Å². The zero-order valence-electron chi connectivity index (χ0n) is 13.3. The number of amides is 2. The molecule has 8 heteroatoms. The maximum absolute atomic E-state index is 12.0. The first-order chi connectivity index (χ1) is 11.5. The predicted molar refractivity (Wildman–Crippen MR) is 92.9 cm³/mol. The van der Waals surface area contributed by atoms with Crippen molar-refractivity contribution in [3.8, 4) is 0 Å². The van der Waals surface area contributed by atoms with Gasteiger partial charge in [-0.15, -0.1) is 0 Å². The van der Waals surface area contributed by atoms with Gasteiger partial charge in [0.1, 0.15) is 0 Å². The van der Waals surface area contributed by atoms with Gasteiger partial charge in [0.05, 0.1) is 6.42 Å². The second-order valence-corrected chi connectivity index (χ2v) is 6.75. The van der Waals surface area contributed by atoms with Crippen LogP contribution in [0.1, 0.15) is 18.9 Å². The highest BCUT2D eigenvalue weighted by atomic mass is 35.5. The van der Waals surface area contributed by atoms with E-state index in [0.717, 1.165) is 11.3 Å². The van der Waals surface area contributed by atoms with Crippen LogP contribution in [-0.2, 0) is 20.9 Å². The number of esters is 1. The van der Waals surface area contributed by atoms with Crippen molar-refractivity contribution in [2.45, 2.75) is 26.0 Å². The number of benzene rings is 1. The van der Waals surface area contributed by atoms with E-state index >= 15 is 0 Å². The van der Waals surface area contributed by atoms with Gasteiger partial charge < -0.3 is 15.0 Å². The number of hydrogen-bond donors (Lipinski definition) is 1. The summed E-state index contributed by atoms with van der Waals surface area (Å²) in [4.78, 5) is 36.8. The van der Waals surface area contributed by atoms with Crippen molar-refractivity contribution in [3.05, 3.63) is 34.9 Å². The molecule has 1 fully saturated rings. The summed E-state index contributed by atoms with van der Waals surface area (Å²) >= 11 is 7.26. The van der Waals surface area contributed by atoms with E-state index < -0.39 is 18.0 Å². The molecule has 1 saturated heterocycles. The quantitative estimate of drug-likeness (QED) is 0.746. The van der Waals surface area contributed by atoms with Gasteiger partial charge in [0.2, 0.25) is 0 Å². The Morgan fingerprint density at radius 2 is 2.17 bits per heavy atom. The molecule has 6 nitrogen and oxygen atoms in total. The SMILES string of the molecule is C[C@H](OC(=O)CCN1CCSC1=O)C(=O)NCc1ccccc1Cl. The average molecular weight is 371 g/mol. The molecule has 0 spiro atoms. The van der Waals surface area contributed by atoms with Crippen LogP contribution in [0.5, 0.6) is 0 Å². The van der Waals surface area contributed by atoms with E-state index in [-0.39, 0.29) is 18.2 Å². The molecule has 0 aromatic heterocycles. The lowest BCUT2D eigenvalue weighted by Crippen LogP contribution is -2.36. The van der Waals surface area contributed by atoms with Crippen molar-refractivity contribution in [3.63, 3.8) is 0 Å². The van der Waals surface area contributed by atoms with E-state index in [4.69, 9.17) is 16.3 Å². The maximum Gasteiger partial charge on any atom is 0.308 e. The summed E-state index contributed by atoms with van der Waals surface area (Å²) in [7, 11) is 0.